The molecule has 0 aliphatic rings. The maximum absolute atomic E-state index is 5.89. The topological polar surface area (TPSA) is 44.5 Å². The summed E-state index contributed by atoms with van der Waals surface area (Å²) in [5.74, 6) is 0. The third kappa shape index (κ3) is 5.41. The van der Waals surface area contributed by atoms with Crippen molar-refractivity contribution in [2.75, 3.05) is 13.2 Å². The largest absolute Gasteiger partial charge is 0.395 e. The minimum absolute atomic E-state index is 0.217. The lowest BCUT2D eigenvalue weighted by atomic mass is 10.3. The first kappa shape index (κ1) is 13.1. The van der Waals surface area contributed by atoms with E-state index in [1.54, 1.807) is 0 Å². The smallest absolute Gasteiger partial charge is 0.336 e. The predicted molar refractivity (Wildman–Crippen MR) is 57.9 cm³/mol. The molecule has 0 saturated carbocycles. The van der Waals surface area contributed by atoms with Gasteiger partial charge in [0.15, 0.2) is 0 Å². The van der Waals surface area contributed by atoms with E-state index >= 15 is 0 Å². The molecule has 0 rings (SSSR count). The van der Waals surface area contributed by atoms with Crippen molar-refractivity contribution >= 4 is 8.56 Å². The molecule has 0 aliphatic carbocycles. The van der Waals surface area contributed by atoms with E-state index in [1.165, 1.54) is 0 Å². The molecule has 1 atom stereocenters. The highest BCUT2D eigenvalue weighted by Crippen LogP contribution is 2.16. The molecule has 1 unspecified atom stereocenters. The van der Waals surface area contributed by atoms with E-state index in [0.29, 0.717) is 0 Å². The van der Waals surface area contributed by atoms with Crippen LogP contribution in [-0.4, -0.2) is 27.8 Å². The summed E-state index contributed by atoms with van der Waals surface area (Å²) in [6, 6.07) is 1.11. The van der Waals surface area contributed by atoms with E-state index in [0.717, 1.165) is 25.7 Å². The van der Waals surface area contributed by atoms with Crippen LogP contribution in [0.25, 0.3) is 0 Å². The van der Waals surface area contributed by atoms with Crippen LogP contribution < -0.4 is 5.73 Å². The Balaban J connectivity index is 4.05. The molecule has 0 radical (unpaired) electrons. The van der Waals surface area contributed by atoms with Crippen LogP contribution >= 0.6 is 0 Å². The molecule has 0 aromatic heterocycles. The van der Waals surface area contributed by atoms with Gasteiger partial charge in [0.2, 0.25) is 0 Å². The molecule has 13 heavy (non-hydrogen) atoms. The standard InChI is InChI=1S/C9H23NO2Si/c1-5-9(10)8-13(4,11-6-2)12-7-3/h9H,5-8,10H2,1-4H3. The number of hydrogen-bond acceptors (Lipinski definition) is 3. The molecule has 0 heterocycles. The second-order valence-electron chi connectivity index (χ2n) is 3.37. The van der Waals surface area contributed by atoms with E-state index in [9.17, 15) is 0 Å². The molecule has 2 N–H and O–H groups in total. The monoisotopic (exact) mass is 205 g/mol. The lowest BCUT2D eigenvalue weighted by molar-refractivity contribution is 0.186. The zero-order valence-electron chi connectivity index (χ0n) is 9.30. The van der Waals surface area contributed by atoms with Gasteiger partial charge in [-0.3, -0.25) is 0 Å². The average Bonchev–Trinajstić information content (AvgIpc) is 2.04. The first-order chi connectivity index (χ1) is 6.08. The second-order valence-corrected chi connectivity index (χ2v) is 6.63. The molecule has 0 bridgehead atoms. The molecule has 0 saturated heterocycles. The Bertz CT molecular complexity index is 127. The Kier molecular flexibility index (Phi) is 6.58. The molecule has 3 nitrogen and oxygen atoms in total. The van der Waals surface area contributed by atoms with Gasteiger partial charge in [-0.25, -0.2) is 0 Å². The van der Waals surface area contributed by atoms with Gasteiger partial charge in [-0.1, -0.05) is 6.92 Å². The number of rotatable bonds is 7. The minimum Gasteiger partial charge on any atom is -0.395 e. The van der Waals surface area contributed by atoms with Crippen LogP contribution in [0.5, 0.6) is 0 Å². The highest BCUT2D eigenvalue weighted by molar-refractivity contribution is 6.66. The Hall–Kier alpha value is 0.0969. The molecule has 0 aliphatic heterocycles. The molecule has 80 valence electrons. The van der Waals surface area contributed by atoms with Crippen LogP contribution in [0.2, 0.25) is 12.6 Å². The van der Waals surface area contributed by atoms with Gasteiger partial charge in [0.05, 0.1) is 0 Å². The summed E-state index contributed by atoms with van der Waals surface area (Å²) in [6.07, 6.45) is 0.989. The fourth-order valence-electron chi connectivity index (χ4n) is 1.39. The SMILES string of the molecule is CCO[Si](C)(CC(N)CC)OCC. The zero-order chi connectivity index (χ0) is 10.3. The lowest BCUT2D eigenvalue weighted by Gasteiger charge is -2.28. The van der Waals surface area contributed by atoms with Gasteiger partial charge >= 0.3 is 8.56 Å². The van der Waals surface area contributed by atoms with E-state index in [2.05, 4.69) is 13.5 Å². The summed E-state index contributed by atoms with van der Waals surface area (Å²) in [6.45, 7) is 9.63. The van der Waals surface area contributed by atoms with Gasteiger partial charge in [0.25, 0.3) is 0 Å². The van der Waals surface area contributed by atoms with Crippen molar-refractivity contribution in [2.24, 2.45) is 5.73 Å². The number of nitrogens with two attached hydrogens (primary N) is 1. The van der Waals surface area contributed by atoms with Crippen molar-refractivity contribution in [3.63, 3.8) is 0 Å². The van der Waals surface area contributed by atoms with Gasteiger partial charge in [-0.2, -0.15) is 0 Å². The van der Waals surface area contributed by atoms with E-state index < -0.39 is 8.56 Å². The third-order valence-electron chi connectivity index (χ3n) is 2.06. The van der Waals surface area contributed by atoms with Gasteiger partial charge in [-0.05, 0) is 26.8 Å². The van der Waals surface area contributed by atoms with Crippen LogP contribution in [-0.2, 0) is 8.85 Å². The first-order valence-electron chi connectivity index (χ1n) is 5.11. The van der Waals surface area contributed by atoms with Crippen molar-refractivity contribution in [1.29, 1.82) is 0 Å². The van der Waals surface area contributed by atoms with Crippen LogP contribution in [0, 0.1) is 0 Å². The lowest BCUT2D eigenvalue weighted by Crippen LogP contribution is -2.43. The summed E-state index contributed by atoms with van der Waals surface area (Å²) < 4.78 is 11.4. The fraction of sp³-hybridized carbons (Fsp3) is 1.00. The van der Waals surface area contributed by atoms with Crippen LogP contribution in [0.1, 0.15) is 27.2 Å². The average molecular weight is 205 g/mol. The third-order valence-corrected chi connectivity index (χ3v) is 5.12. The Morgan fingerprint density at radius 2 is 1.62 bits per heavy atom. The van der Waals surface area contributed by atoms with Crippen molar-refractivity contribution in [1.82, 2.24) is 0 Å². The Morgan fingerprint density at radius 1 is 1.15 bits per heavy atom. The summed E-state index contributed by atoms with van der Waals surface area (Å²) in [5.41, 5.74) is 5.89. The Morgan fingerprint density at radius 3 is 1.92 bits per heavy atom. The van der Waals surface area contributed by atoms with E-state index in [-0.39, 0.29) is 6.04 Å². The normalized spacial score (nSPS) is 14.5. The summed E-state index contributed by atoms with van der Waals surface area (Å²) in [7, 11) is -1.96. The summed E-state index contributed by atoms with van der Waals surface area (Å²) in [5, 5.41) is 0. The van der Waals surface area contributed by atoms with Crippen molar-refractivity contribution in [3.8, 4) is 0 Å². The second kappa shape index (κ2) is 6.54. The maximum atomic E-state index is 5.89. The fourth-order valence-corrected chi connectivity index (χ4v) is 4.17. The highest BCUT2D eigenvalue weighted by atomic mass is 28.4. The summed E-state index contributed by atoms with van der Waals surface area (Å²) >= 11 is 0. The van der Waals surface area contributed by atoms with E-state index in [4.69, 9.17) is 14.6 Å². The quantitative estimate of drug-likeness (QED) is 0.645. The number of hydrogen-bond donors (Lipinski definition) is 1. The van der Waals surface area contributed by atoms with Gasteiger partial charge in [0.1, 0.15) is 0 Å². The molecule has 0 aromatic rings. The highest BCUT2D eigenvalue weighted by Gasteiger charge is 2.32. The van der Waals surface area contributed by atoms with Crippen molar-refractivity contribution < 1.29 is 8.85 Å². The van der Waals surface area contributed by atoms with Crippen molar-refractivity contribution in [3.05, 3.63) is 0 Å². The minimum atomic E-state index is -1.96. The molecule has 4 heteroatoms. The molecular formula is C9H23NO2Si. The van der Waals surface area contributed by atoms with Gasteiger partial charge < -0.3 is 14.6 Å². The van der Waals surface area contributed by atoms with Crippen LogP contribution in [0.4, 0.5) is 0 Å². The van der Waals surface area contributed by atoms with Crippen LogP contribution in [0.15, 0.2) is 0 Å². The molecule has 0 spiro atoms. The van der Waals surface area contributed by atoms with Crippen LogP contribution in [0.3, 0.4) is 0 Å². The summed E-state index contributed by atoms with van der Waals surface area (Å²) in [4.78, 5) is 0. The first-order valence-corrected chi connectivity index (χ1v) is 7.63. The predicted octanol–water partition coefficient (Wildman–Crippen LogP) is 1.87. The van der Waals surface area contributed by atoms with E-state index in [1.807, 2.05) is 13.8 Å². The Labute approximate surface area is 82.9 Å². The zero-order valence-corrected chi connectivity index (χ0v) is 10.3. The molecule has 0 fully saturated rings. The van der Waals surface area contributed by atoms with Gasteiger partial charge in [0, 0.05) is 25.3 Å². The molecule has 0 aromatic carbocycles. The maximum Gasteiger partial charge on any atom is 0.336 e. The van der Waals surface area contributed by atoms with Crippen molar-refractivity contribution in [2.45, 2.75) is 45.8 Å². The molecule has 0 amide bonds. The molecular weight excluding hydrogens is 182 g/mol. The van der Waals surface area contributed by atoms with Gasteiger partial charge in [-0.15, -0.1) is 0 Å².